The molecule has 1 fully saturated rings. The molecule has 1 aliphatic heterocycles. The molecule has 25 heavy (non-hydrogen) atoms. The van der Waals surface area contributed by atoms with Crippen LogP contribution in [0.3, 0.4) is 0 Å². The number of carbonyl (C=O) groups is 2. The van der Waals surface area contributed by atoms with Gasteiger partial charge in [0, 0.05) is 30.1 Å². The van der Waals surface area contributed by atoms with Gasteiger partial charge in [0.1, 0.15) is 5.60 Å². The summed E-state index contributed by atoms with van der Waals surface area (Å²) >= 11 is 3.42. The Morgan fingerprint density at radius 3 is 2.56 bits per heavy atom. The van der Waals surface area contributed by atoms with E-state index in [9.17, 15) is 9.59 Å². The standard InChI is InChI=1S/C18H26BrN3O3/c1-13-11-22(17(24)25-18(2,3)4)10-9-21(13)12-16(23)20-15-8-6-5-7-14(15)19/h5-8,13H,9-12H2,1-4H3,(H,20,23)/t13-/m1/s1. The number of nitrogens with one attached hydrogen (secondary N) is 1. The summed E-state index contributed by atoms with van der Waals surface area (Å²) in [4.78, 5) is 28.3. The first-order valence-corrected chi connectivity index (χ1v) is 9.21. The molecule has 0 unspecified atom stereocenters. The second kappa shape index (κ2) is 8.19. The molecule has 1 aliphatic rings. The Hall–Kier alpha value is -1.60. The van der Waals surface area contributed by atoms with E-state index in [4.69, 9.17) is 4.74 Å². The van der Waals surface area contributed by atoms with Crippen molar-refractivity contribution in [2.75, 3.05) is 31.5 Å². The maximum absolute atomic E-state index is 12.3. The molecule has 1 aromatic rings. The summed E-state index contributed by atoms with van der Waals surface area (Å²) in [6.07, 6.45) is -0.295. The monoisotopic (exact) mass is 411 g/mol. The van der Waals surface area contributed by atoms with Gasteiger partial charge < -0.3 is 15.0 Å². The minimum absolute atomic E-state index is 0.0653. The third-order valence-corrected chi connectivity index (χ3v) is 4.60. The van der Waals surface area contributed by atoms with Crippen LogP contribution in [0, 0.1) is 0 Å². The summed E-state index contributed by atoms with van der Waals surface area (Å²) in [5, 5.41) is 2.91. The van der Waals surface area contributed by atoms with E-state index in [1.165, 1.54) is 0 Å². The first kappa shape index (κ1) is 19.7. The number of halogens is 1. The van der Waals surface area contributed by atoms with E-state index in [0.717, 1.165) is 10.2 Å². The van der Waals surface area contributed by atoms with Gasteiger partial charge in [-0.3, -0.25) is 9.69 Å². The molecule has 1 atom stereocenters. The zero-order valence-electron chi connectivity index (χ0n) is 15.2. The van der Waals surface area contributed by atoms with Crippen molar-refractivity contribution in [1.29, 1.82) is 0 Å². The summed E-state index contributed by atoms with van der Waals surface area (Å²) in [5.74, 6) is -0.0653. The Morgan fingerprint density at radius 2 is 1.96 bits per heavy atom. The second-order valence-corrected chi connectivity index (χ2v) is 8.13. The van der Waals surface area contributed by atoms with E-state index in [2.05, 4.69) is 26.1 Å². The summed E-state index contributed by atoms with van der Waals surface area (Å²) < 4.78 is 6.27. The molecule has 0 spiro atoms. The van der Waals surface area contributed by atoms with Gasteiger partial charge in [-0.25, -0.2) is 4.79 Å². The highest BCUT2D eigenvalue weighted by Crippen LogP contribution is 2.21. The van der Waals surface area contributed by atoms with E-state index in [1.54, 1.807) is 4.90 Å². The molecule has 0 aromatic heterocycles. The van der Waals surface area contributed by atoms with Gasteiger partial charge in [-0.1, -0.05) is 12.1 Å². The van der Waals surface area contributed by atoms with Crippen LogP contribution in [0.1, 0.15) is 27.7 Å². The maximum Gasteiger partial charge on any atom is 0.410 e. The van der Waals surface area contributed by atoms with Crippen LogP contribution >= 0.6 is 15.9 Å². The molecule has 0 saturated carbocycles. The van der Waals surface area contributed by atoms with Crippen molar-refractivity contribution >= 4 is 33.6 Å². The number of para-hydroxylation sites is 1. The number of nitrogens with zero attached hydrogens (tertiary/aromatic N) is 2. The zero-order chi connectivity index (χ0) is 18.6. The number of piperazine rings is 1. The molecule has 7 heteroatoms. The molecule has 0 radical (unpaired) electrons. The number of ether oxygens (including phenoxy) is 1. The average molecular weight is 412 g/mol. The van der Waals surface area contributed by atoms with Crippen LogP contribution < -0.4 is 5.32 Å². The van der Waals surface area contributed by atoms with E-state index in [1.807, 2.05) is 52.0 Å². The molecule has 0 aliphatic carbocycles. The molecule has 1 saturated heterocycles. The number of rotatable bonds is 3. The lowest BCUT2D eigenvalue weighted by atomic mass is 10.2. The number of hydrogen-bond donors (Lipinski definition) is 1. The normalized spacial score (nSPS) is 18.8. The van der Waals surface area contributed by atoms with Crippen molar-refractivity contribution in [2.45, 2.75) is 39.3 Å². The van der Waals surface area contributed by atoms with Crippen LogP contribution in [0.15, 0.2) is 28.7 Å². The van der Waals surface area contributed by atoms with Crippen LogP contribution in [-0.4, -0.2) is 59.6 Å². The largest absolute Gasteiger partial charge is 0.444 e. The minimum atomic E-state index is -0.500. The number of amides is 2. The van der Waals surface area contributed by atoms with E-state index >= 15 is 0 Å². The minimum Gasteiger partial charge on any atom is -0.444 e. The second-order valence-electron chi connectivity index (χ2n) is 7.27. The van der Waals surface area contributed by atoms with Crippen LogP contribution in [-0.2, 0) is 9.53 Å². The molecular formula is C18H26BrN3O3. The number of hydrogen-bond acceptors (Lipinski definition) is 4. The first-order valence-electron chi connectivity index (χ1n) is 8.42. The highest BCUT2D eigenvalue weighted by molar-refractivity contribution is 9.10. The van der Waals surface area contributed by atoms with Crippen LogP contribution in [0.4, 0.5) is 10.5 Å². The molecule has 2 amide bonds. The van der Waals surface area contributed by atoms with E-state index < -0.39 is 5.60 Å². The van der Waals surface area contributed by atoms with Crippen molar-refractivity contribution in [3.05, 3.63) is 28.7 Å². The van der Waals surface area contributed by atoms with Crippen LogP contribution in [0.2, 0.25) is 0 Å². The van der Waals surface area contributed by atoms with Gasteiger partial charge in [-0.15, -0.1) is 0 Å². The maximum atomic E-state index is 12.3. The smallest absolute Gasteiger partial charge is 0.410 e. The molecule has 1 heterocycles. The van der Waals surface area contributed by atoms with Crippen molar-refractivity contribution < 1.29 is 14.3 Å². The zero-order valence-corrected chi connectivity index (χ0v) is 16.8. The predicted molar refractivity (Wildman–Crippen MR) is 102 cm³/mol. The predicted octanol–water partition coefficient (Wildman–Crippen LogP) is 3.33. The van der Waals surface area contributed by atoms with Gasteiger partial charge in [0.15, 0.2) is 0 Å². The van der Waals surface area contributed by atoms with Crippen LogP contribution in [0.5, 0.6) is 0 Å². The highest BCUT2D eigenvalue weighted by atomic mass is 79.9. The Bertz CT molecular complexity index is 630. The average Bonchev–Trinajstić information content (AvgIpc) is 2.50. The highest BCUT2D eigenvalue weighted by Gasteiger charge is 2.30. The Labute approximate surface area is 157 Å². The third kappa shape index (κ3) is 6.01. The quantitative estimate of drug-likeness (QED) is 0.828. The Balaban J connectivity index is 1.86. The number of carbonyl (C=O) groups excluding carboxylic acids is 2. The van der Waals surface area contributed by atoms with Gasteiger partial charge in [-0.2, -0.15) is 0 Å². The summed E-state index contributed by atoms with van der Waals surface area (Å²) in [6, 6.07) is 7.61. The SMILES string of the molecule is C[C@@H]1CN(C(=O)OC(C)(C)C)CCN1CC(=O)Nc1ccccc1Br. The third-order valence-electron chi connectivity index (χ3n) is 3.91. The summed E-state index contributed by atoms with van der Waals surface area (Å²) in [5.41, 5.74) is 0.257. The van der Waals surface area contributed by atoms with E-state index in [0.29, 0.717) is 26.2 Å². The Kier molecular flexibility index (Phi) is 6.46. The topological polar surface area (TPSA) is 61.9 Å². The Morgan fingerprint density at radius 1 is 1.28 bits per heavy atom. The van der Waals surface area contributed by atoms with Gasteiger partial charge in [0.2, 0.25) is 5.91 Å². The summed E-state index contributed by atoms with van der Waals surface area (Å²) in [6.45, 7) is 9.64. The van der Waals surface area contributed by atoms with Crippen LogP contribution in [0.25, 0.3) is 0 Å². The molecular weight excluding hydrogens is 386 g/mol. The lowest BCUT2D eigenvalue weighted by Crippen LogP contribution is -2.55. The number of benzene rings is 1. The first-order chi connectivity index (χ1) is 11.7. The molecule has 1 aromatic carbocycles. The fourth-order valence-electron chi connectivity index (χ4n) is 2.66. The molecule has 1 N–H and O–H groups in total. The molecule has 138 valence electrons. The molecule has 6 nitrogen and oxygen atoms in total. The van der Waals surface area contributed by atoms with Gasteiger partial charge >= 0.3 is 6.09 Å². The van der Waals surface area contributed by atoms with Crippen molar-refractivity contribution in [2.24, 2.45) is 0 Å². The van der Waals surface area contributed by atoms with Gasteiger partial charge in [-0.05, 0) is 55.8 Å². The lowest BCUT2D eigenvalue weighted by molar-refractivity contribution is -0.118. The van der Waals surface area contributed by atoms with Crippen molar-refractivity contribution in [3.63, 3.8) is 0 Å². The molecule has 2 rings (SSSR count). The van der Waals surface area contributed by atoms with Gasteiger partial charge in [0.05, 0.1) is 12.2 Å². The van der Waals surface area contributed by atoms with E-state index in [-0.39, 0.29) is 18.0 Å². The molecule has 0 bridgehead atoms. The van der Waals surface area contributed by atoms with Crippen molar-refractivity contribution in [3.8, 4) is 0 Å². The number of anilines is 1. The summed E-state index contributed by atoms with van der Waals surface area (Å²) in [7, 11) is 0. The fourth-order valence-corrected chi connectivity index (χ4v) is 3.04. The van der Waals surface area contributed by atoms with Gasteiger partial charge in [0.25, 0.3) is 0 Å². The van der Waals surface area contributed by atoms with Crippen molar-refractivity contribution in [1.82, 2.24) is 9.80 Å². The lowest BCUT2D eigenvalue weighted by Gasteiger charge is -2.39. The fraction of sp³-hybridized carbons (Fsp3) is 0.556.